The number of aromatic nitrogens is 1. The van der Waals surface area contributed by atoms with E-state index in [1.54, 1.807) is 25.2 Å². The van der Waals surface area contributed by atoms with Crippen molar-refractivity contribution in [3.8, 4) is 0 Å². The maximum Gasteiger partial charge on any atom is 0.419 e. The van der Waals surface area contributed by atoms with Gasteiger partial charge >= 0.3 is 5.76 Å². The Labute approximate surface area is 166 Å². The van der Waals surface area contributed by atoms with E-state index in [4.69, 9.17) is 20.8 Å². The first kappa shape index (κ1) is 18.9. The van der Waals surface area contributed by atoms with Gasteiger partial charge in [-0.3, -0.25) is 9.29 Å². The molecular formula is C18H18ClN3O5S. The van der Waals surface area contributed by atoms with Crippen molar-refractivity contribution in [3.05, 3.63) is 52.0 Å². The Bertz CT molecular complexity index is 1200. The number of fused-ring (bicyclic) bond motifs is 1. The van der Waals surface area contributed by atoms with Crippen LogP contribution in [0.4, 0.5) is 11.4 Å². The second-order valence-electron chi connectivity index (χ2n) is 6.42. The van der Waals surface area contributed by atoms with Crippen LogP contribution in [0.1, 0.15) is 0 Å². The normalized spacial score (nSPS) is 15.1. The minimum absolute atomic E-state index is 0.0118. The molecule has 1 saturated heterocycles. The largest absolute Gasteiger partial charge is 0.419 e. The number of ether oxygens (including phenoxy) is 1. The third-order valence-electron chi connectivity index (χ3n) is 4.63. The number of hydrogen-bond acceptors (Lipinski definition) is 6. The molecule has 28 heavy (non-hydrogen) atoms. The van der Waals surface area contributed by atoms with Crippen LogP contribution in [-0.4, -0.2) is 39.3 Å². The molecule has 0 radical (unpaired) electrons. The van der Waals surface area contributed by atoms with Crippen molar-refractivity contribution in [1.29, 1.82) is 0 Å². The molecule has 0 saturated carbocycles. The van der Waals surface area contributed by atoms with Gasteiger partial charge in [-0.05, 0) is 30.3 Å². The molecule has 0 unspecified atom stereocenters. The van der Waals surface area contributed by atoms with Crippen LogP contribution in [0.5, 0.6) is 0 Å². The third-order valence-corrected chi connectivity index (χ3v) is 6.23. The van der Waals surface area contributed by atoms with Crippen LogP contribution in [0.2, 0.25) is 5.02 Å². The smallest absolute Gasteiger partial charge is 0.408 e. The van der Waals surface area contributed by atoms with Crippen molar-refractivity contribution >= 4 is 44.1 Å². The summed E-state index contributed by atoms with van der Waals surface area (Å²) >= 11 is 6.10. The molecule has 1 aliphatic heterocycles. The summed E-state index contributed by atoms with van der Waals surface area (Å²) in [5.41, 5.74) is 1.82. The molecule has 3 aromatic rings. The highest BCUT2D eigenvalue weighted by molar-refractivity contribution is 7.92. The monoisotopic (exact) mass is 423 g/mol. The summed E-state index contributed by atoms with van der Waals surface area (Å²) in [7, 11) is -2.37. The molecule has 2 aromatic carbocycles. The summed E-state index contributed by atoms with van der Waals surface area (Å²) in [5, 5.41) is 0.416. The maximum absolute atomic E-state index is 13.0. The lowest BCUT2D eigenvalue weighted by Crippen LogP contribution is -2.36. The molecule has 0 aliphatic carbocycles. The lowest BCUT2D eigenvalue weighted by molar-refractivity contribution is 0.123. The quantitative estimate of drug-likeness (QED) is 0.692. The van der Waals surface area contributed by atoms with Gasteiger partial charge in [0.1, 0.15) is 0 Å². The van der Waals surface area contributed by atoms with Crippen molar-refractivity contribution in [1.82, 2.24) is 4.57 Å². The van der Waals surface area contributed by atoms with E-state index in [9.17, 15) is 13.2 Å². The van der Waals surface area contributed by atoms with Gasteiger partial charge in [0, 0.05) is 31.2 Å². The zero-order chi connectivity index (χ0) is 19.9. The first-order valence-electron chi connectivity index (χ1n) is 8.60. The summed E-state index contributed by atoms with van der Waals surface area (Å²) in [6, 6.07) is 9.37. The van der Waals surface area contributed by atoms with Crippen LogP contribution in [0, 0.1) is 0 Å². The molecule has 0 amide bonds. The van der Waals surface area contributed by atoms with Crippen molar-refractivity contribution in [3.63, 3.8) is 0 Å². The van der Waals surface area contributed by atoms with Gasteiger partial charge in [0.05, 0.1) is 35.0 Å². The Morgan fingerprint density at radius 3 is 2.61 bits per heavy atom. The first-order valence-corrected chi connectivity index (χ1v) is 10.5. The van der Waals surface area contributed by atoms with Crippen molar-refractivity contribution in [2.75, 3.05) is 35.9 Å². The van der Waals surface area contributed by atoms with E-state index < -0.39 is 15.8 Å². The summed E-state index contributed by atoms with van der Waals surface area (Å²) in [6.45, 7) is 2.44. The molecule has 1 N–H and O–H groups in total. The Hall–Kier alpha value is -2.49. The molecule has 2 heterocycles. The number of halogens is 1. The summed E-state index contributed by atoms with van der Waals surface area (Å²) < 4.78 is 40.3. The first-order chi connectivity index (χ1) is 13.3. The van der Waals surface area contributed by atoms with Gasteiger partial charge < -0.3 is 14.1 Å². The molecule has 8 nitrogen and oxygen atoms in total. The minimum Gasteiger partial charge on any atom is -0.408 e. The molecule has 1 aliphatic rings. The highest BCUT2D eigenvalue weighted by atomic mass is 35.5. The van der Waals surface area contributed by atoms with Crippen LogP contribution in [-0.2, 0) is 21.8 Å². The fourth-order valence-electron chi connectivity index (χ4n) is 3.16. The minimum atomic E-state index is -3.92. The number of benzene rings is 2. The third kappa shape index (κ3) is 3.48. The number of nitrogens with one attached hydrogen (secondary N) is 1. The zero-order valence-electron chi connectivity index (χ0n) is 15.0. The molecule has 148 valence electrons. The van der Waals surface area contributed by atoms with Gasteiger partial charge in [-0.1, -0.05) is 11.6 Å². The SMILES string of the molecule is Cn1c(=O)oc2cc(S(=O)(=O)Nc3cc(Cl)ccc3N3CCOCC3)ccc21. The number of hydrogen-bond donors (Lipinski definition) is 1. The van der Waals surface area contributed by atoms with E-state index in [-0.39, 0.29) is 10.5 Å². The lowest BCUT2D eigenvalue weighted by Gasteiger charge is -2.30. The van der Waals surface area contributed by atoms with Crippen LogP contribution in [0.25, 0.3) is 11.1 Å². The van der Waals surface area contributed by atoms with Gasteiger partial charge in [-0.25, -0.2) is 13.2 Å². The van der Waals surface area contributed by atoms with Crippen LogP contribution < -0.4 is 15.4 Å². The van der Waals surface area contributed by atoms with E-state index in [0.717, 1.165) is 5.69 Å². The highest BCUT2D eigenvalue weighted by Gasteiger charge is 2.21. The maximum atomic E-state index is 13.0. The fourth-order valence-corrected chi connectivity index (χ4v) is 4.41. The molecule has 10 heteroatoms. The molecule has 0 spiro atoms. The lowest BCUT2D eigenvalue weighted by atomic mass is 10.2. The predicted molar refractivity (Wildman–Crippen MR) is 107 cm³/mol. The molecule has 1 aromatic heterocycles. The Balaban J connectivity index is 1.71. The molecule has 0 bridgehead atoms. The summed E-state index contributed by atoms with van der Waals surface area (Å²) in [4.78, 5) is 13.7. The summed E-state index contributed by atoms with van der Waals surface area (Å²) in [6.07, 6.45) is 0. The van der Waals surface area contributed by atoms with Crippen molar-refractivity contribution < 1.29 is 17.6 Å². The highest BCUT2D eigenvalue weighted by Crippen LogP contribution is 2.32. The van der Waals surface area contributed by atoms with Crippen LogP contribution >= 0.6 is 11.6 Å². The topological polar surface area (TPSA) is 93.8 Å². The number of morpholine rings is 1. The summed E-state index contributed by atoms with van der Waals surface area (Å²) in [5.74, 6) is -0.554. The van der Waals surface area contributed by atoms with E-state index in [2.05, 4.69) is 4.72 Å². The Kier molecular flexibility index (Phi) is 4.82. The van der Waals surface area contributed by atoms with Gasteiger partial charge in [0.15, 0.2) is 5.58 Å². The standard InChI is InChI=1S/C18H18ClN3O5S/c1-21-16-5-3-13(11-17(16)27-18(21)23)28(24,25)20-14-10-12(19)2-4-15(14)22-6-8-26-9-7-22/h2-5,10-11,20H,6-9H2,1H3. The fraction of sp³-hybridized carbons (Fsp3) is 0.278. The molecule has 1 fully saturated rings. The average molecular weight is 424 g/mol. The van der Waals surface area contributed by atoms with Crippen LogP contribution in [0.15, 0.2) is 50.5 Å². The van der Waals surface area contributed by atoms with E-state index in [0.29, 0.717) is 42.5 Å². The second kappa shape index (κ2) is 7.16. The molecule has 0 atom stereocenters. The molecule has 4 rings (SSSR count). The van der Waals surface area contributed by atoms with E-state index in [1.165, 1.54) is 22.8 Å². The number of rotatable bonds is 4. The molecular weight excluding hydrogens is 406 g/mol. The van der Waals surface area contributed by atoms with E-state index in [1.807, 2.05) is 4.90 Å². The second-order valence-corrected chi connectivity index (χ2v) is 8.54. The average Bonchev–Trinajstić information content (AvgIpc) is 2.96. The van der Waals surface area contributed by atoms with Crippen LogP contribution in [0.3, 0.4) is 0 Å². The van der Waals surface area contributed by atoms with Crippen molar-refractivity contribution in [2.24, 2.45) is 7.05 Å². The van der Waals surface area contributed by atoms with Gasteiger partial charge in [0.25, 0.3) is 10.0 Å². The number of anilines is 2. The Morgan fingerprint density at radius 2 is 1.86 bits per heavy atom. The Morgan fingerprint density at radius 1 is 1.11 bits per heavy atom. The number of sulfonamides is 1. The van der Waals surface area contributed by atoms with E-state index >= 15 is 0 Å². The van der Waals surface area contributed by atoms with Crippen molar-refractivity contribution in [2.45, 2.75) is 4.90 Å². The number of aryl methyl sites for hydroxylation is 1. The predicted octanol–water partition coefficient (Wildman–Crippen LogP) is 2.42. The zero-order valence-corrected chi connectivity index (χ0v) is 16.6. The number of oxazole rings is 1. The van der Waals surface area contributed by atoms with Gasteiger partial charge in [0.2, 0.25) is 0 Å². The number of nitrogens with zero attached hydrogens (tertiary/aromatic N) is 2. The van der Waals surface area contributed by atoms with Gasteiger partial charge in [-0.15, -0.1) is 0 Å². The van der Waals surface area contributed by atoms with Gasteiger partial charge in [-0.2, -0.15) is 0 Å².